The molecule has 1 heterocycles. The predicted molar refractivity (Wildman–Crippen MR) is 98.9 cm³/mol. The number of hydrogen-bond acceptors (Lipinski definition) is 3. The molecule has 1 amide bonds. The van der Waals surface area contributed by atoms with Crippen LogP contribution in [0.4, 0.5) is 5.69 Å². The fourth-order valence-electron chi connectivity index (χ4n) is 2.96. The standard InChI is InChI=1S/C18H19ClN2O3S/c19-15-8-10-16(11-9-15)20-18(22)17-7-4-12-21(17)25(23,24)13-14-5-2-1-3-6-14/h1-3,5-6,8-11,17H,4,7,12-13H2,(H,20,22)/t17-/m0/s1. The van der Waals surface area contributed by atoms with Gasteiger partial charge in [0.1, 0.15) is 6.04 Å². The van der Waals surface area contributed by atoms with Gasteiger partial charge in [-0.1, -0.05) is 41.9 Å². The number of amides is 1. The van der Waals surface area contributed by atoms with Gasteiger partial charge in [-0.05, 0) is 42.7 Å². The van der Waals surface area contributed by atoms with Crippen molar-refractivity contribution in [1.82, 2.24) is 4.31 Å². The Bertz CT molecular complexity index is 838. The Labute approximate surface area is 152 Å². The smallest absolute Gasteiger partial charge is 0.242 e. The summed E-state index contributed by atoms with van der Waals surface area (Å²) >= 11 is 5.84. The average molecular weight is 379 g/mol. The molecule has 2 aromatic rings. The maximum Gasteiger partial charge on any atom is 0.242 e. The monoisotopic (exact) mass is 378 g/mol. The number of nitrogens with zero attached hydrogens (tertiary/aromatic N) is 1. The molecule has 1 atom stereocenters. The van der Waals surface area contributed by atoms with Crippen molar-refractivity contribution in [2.24, 2.45) is 0 Å². The number of carbonyl (C=O) groups is 1. The number of nitrogens with one attached hydrogen (secondary N) is 1. The van der Waals surface area contributed by atoms with Crippen molar-refractivity contribution < 1.29 is 13.2 Å². The van der Waals surface area contributed by atoms with E-state index < -0.39 is 16.1 Å². The minimum atomic E-state index is -3.55. The molecule has 7 heteroatoms. The molecule has 0 saturated carbocycles. The van der Waals surface area contributed by atoms with E-state index in [1.807, 2.05) is 6.07 Å². The number of benzene rings is 2. The van der Waals surface area contributed by atoms with E-state index in [4.69, 9.17) is 11.6 Å². The van der Waals surface area contributed by atoms with Gasteiger partial charge in [0.15, 0.2) is 0 Å². The fourth-order valence-corrected chi connectivity index (χ4v) is 4.86. The minimum Gasteiger partial charge on any atom is -0.325 e. The summed E-state index contributed by atoms with van der Waals surface area (Å²) in [5.74, 6) is -0.407. The van der Waals surface area contributed by atoms with Gasteiger partial charge in [0.25, 0.3) is 0 Å². The minimum absolute atomic E-state index is 0.0986. The second kappa shape index (κ2) is 7.56. The predicted octanol–water partition coefficient (Wildman–Crippen LogP) is 3.27. The van der Waals surface area contributed by atoms with Crippen LogP contribution in [0.3, 0.4) is 0 Å². The van der Waals surface area contributed by atoms with Crippen molar-refractivity contribution in [3.05, 3.63) is 65.2 Å². The van der Waals surface area contributed by atoms with Crippen molar-refractivity contribution in [3.63, 3.8) is 0 Å². The average Bonchev–Trinajstić information content (AvgIpc) is 3.08. The van der Waals surface area contributed by atoms with Gasteiger partial charge in [-0.15, -0.1) is 0 Å². The molecule has 0 unspecified atom stereocenters. The Balaban J connectivity index is 1.73. The molecule has 2 aromatic carbocycles. The molecular weight excluding hydrogens is 360 g/mol. The molecule has 1 aliphatic rings. The quantitative estimate of drug-likeness (QED) is 0.868. The number of anilines is 1. The first-order valence-electron chi connectivity index (χ1n) is 8.05. The van der Waals surface area contributed by atoms with E-state index in [1.165, 1.54) is 4.31 Å². The highest BCUT2D eigenvalue weighted by Gasteiger charge is 2.38. The zero-order valence-electron chi connectivity index (χ0n) is 13.6. The lowest BCUT2D eigenvalue weighted by Crippen LogP contribution is -2.43. The largest absolute Gasteiger partial charge is 0.325 e. The molecule has 1 saturated heterocycles. The second-order valence-electron chi connectivity index (χ2n) is 6.01. The van der Waals surface area contributed by atoms with Gasteiger partial charge in [-0.3, -0.25) is 4.79 Å². The molecule has 5 nitrogen and oxygen atoms in total. The lowest BCUT2D eigenvalue weighted by Gasteiger charge is -2.23. The Morgan fingerprint density at radius 2 is 1.80 bits per heavy atom. The van der Waals surface area contributed by atoms with Gasteiger partial charge < -0.3 is 5.32 Å². The summed E-state index contributed by atoms with van der Waals surface area (Å²) in [6.45, 7) is 0.369. The van der Waals surface area contributed by atoms with Gasteiger partial charge in [0.2, 0.25) is 15.9 Å². The second-order valence-corrected chi connectivity index (χ2v) is 8.36. The first kappa shape index (κ1) is 17.9. The number of rotatable bonds is 5. The highest BCUT2D eigenvalue weighted by Crippen LogP contribution is 2.25. The number of sulfonamides is 1. The number of halogens is 1. The zero-order chi connectivity index (χ0) is 17.9. The van der Waals surface area contributed by atoms with E-state index in [9.17, 15) is 13.2 Å². The van der Waals surface area contributed by atoms with E-state index in [0.717, 1.165) is 0 Å². The molecule has 132 valence electrons. The van der Waals surface area contributed by atoms with Crippen LogP contribution in [0.5, 0.6) is 0 Å². The molecule has 0 bridgehead atoms. The SMILES string of the molecule is O=C(Nc1ccc(Cl)cc1)[C@@H]1CCCN1S(=O)(=O)Cc1ccccc1. The first-order valence-corrected chi connectivity index (χ1v) is 10.0. The molecule has 0 spiro atoms. The summed E-state index contributed by atoms with van der Waals surface area (Å²) in [6.07, 6.45) is 1.19. The molecule has 1 aliphatic heterocycles. The van der Waals surface area contributed by atoms with Gasteiger partial charge in [-0.25, -0.2) is 8.42 Å². The van der Waals surface area contributed by atoms with Gasteiger partial charge in [-0.2, -0.15) is 4.31 Å². The van der Waals surface area contributed by atoms with Crippen LogP contribution in [0, 0.1) is 0 Å². The van der Waals surface area contributed by atoms with E-state index in [1.54, 1.807) is 48.5 Å². The molecule has 25 heavy (non-hydrogen) atoms. The van der Waals surface area contributed by atoms with Crippen molar-refractivity contribution in [2.75, 3.05) is 11.9 Å². The summed E-state index contributed by atoms with van der Waals surface area (Å²) in [4.78, 5) is 12.6. The zero-order valence-corrected chi connectivity index (χ0v) is 15.1. The van der Waals surface area contributed by atoms with Crippen molar-refractivity contribution in [1.29, 1.82) is 0 Å². The summed E-state index contributed by atoms with van der Waals surface area (Å²) in [5.41, 5.74) is 1.31. The molecule has 0 aromatic heterocycles. The summed E-state index contributed by atoms with van der Waals surface area (Å²) < 4.78 is 26.8. The molecular formula is C18H19ClN2O3S. The van der Waals surface area contributed by atoms with Crippen LogP contribution in [-0.2, 0) is 20.6 Å². The summed E-state index contributed by atoms with van der Waals surface area (Å²) in [5, 5.41) is 3.35. The highest BCUT2D eigenvalue weighted by molar-refractivity contribution is 7.88. The van der Waals surface area contributed by atoms with Crippen molar-refractivity contribution in [2.45, 2.75) is 24.6 Å². The highest BCUT2D eigenvalue weighted by atomic mass is 35.5. The molecule has 0 aliphatic carbocycles. The van der Waals surface area contributed by atoms with Crippen LogP contribution < -0.4 is 5.32 Å². The van der Waals surface area contributed by atoms with Crippen LogP contribution in [0.15, 0.2) is 54.6 Å². The maximum atomic E-state index is 12.7. The van der Waals surface area contributed by atoms with E-state index in [-0.39, 0.29) is 11.7 Å². The summed E-state index contributed by atoms with van der Waals surface area (Å²) in [7, 11) is -3.55. The van der Waals surface area contributed by atoms with Crippen molar-refractivity contribution in [3.8, 4) is 0 Å². The van der Waals surface area contributed by atoms with E-state index >= 15 is 0 Å². The summed E-state index contributed by atoms with van der Waals surface area (Å²) in [6, 6.07) is 15.1. The third kappa shape index (κ3) is 4.39. The fraction of sp³-hybridized carbons (Fsp3) is 0.278. The topological polar surface area (TPSA) is 66.5 Å². The van der Waals surface area contributed by atoms with Crippen LogP contribution in [0.25, 0.3) is 0 Å². The first-order chi connectivity index (χ1) is 12.0. The number of carbonyl (C=O) groups excluding carboxylic acids is 1. The third-order valence-corrected chi connectivity index (χ3v) is 6.27. The lowest BCUT2D eigenvalue weighted by molar-refractivity contribution is -0.119. The maximum absolute atomic E-state index is 12.7. The number of hydrogen-bond donors (Lipinski definition) is 1. The van der Waals surface area contributed by atoms with Crippen LogP contribution in [0.1, 0.15) is 18.4 Å². The Kier molecular flexibility index (Phi) is 5.42. The Morgan fingerprint density at radius 1 is 1.12 bits per heavy atom. The van der Waals surface area contributed by atoms with Crippen LogP contribution in [0.2, 0.25) is 5.02 Å². The Hall–Kier alpha value is -1.89. The normalized spacial score (nSPS) is 18.2. The lowest BCUT2D eigenvalue weighted by atomic mass is 10.2. The molecule has 1 fully saturated rings. The van der Waals surface area contributed by atoms with Gasteiger partial charge in [0, 0.05) is 17.3 Å². The van der Waals surface area contributed by atoms with E-state index in [2.05, 4.69) is 5.32 Å². The molecule has 3 rings (SSSR count). The third-order valence-electron chi connectivity index (χ3n) is 4.17. The Morgan fingerprint density at radius 3 is 2.48 bits per heavy atom. The van der Waals surface area contributed by atoms with Crippen LogP contribution in [-0.4, -0.2) is 31.2 Å². The van der Waals surface area contributed by atoms with E-state index in [0.29, 0.717) is 35.7 Å². The van der Waals surface area contributed by atoms with Crippen molar-refractivity contribution >= 4 is 33.2 Å². The van der Waals surface area contributed by atoms with Crippen LogP contribution >= 0.6 is 11.6 Å². The van der Waals surface area contributed by atoms with Gasteiger partial charge >= 0.3 is 0 Å². The van der Waals surface area contributed by atoms with Gasteiger partial charge in [0.05, 0.1) is 5.75 Å². The molecule has 1 N–H and O–H groups in total. The molecule has 0 radical (unpaired) electrons.